The lowest BCUT2D eigenvalue weighted by molar-refractivity contribution is 0.103. The molecule has 31 heavy (non-hydrogen) atoms. The van der Waals surface area contributed by atoms with Crippen molar-refractivity contribution in [3.05, 3.63) is 71.3 Å². The van der Waals surface area contributed by atoms with Crippen molar-refractivity contribution in [1.29, 1.82) is 5.26 Å². The zero-order chi connectivity index (χ0) is 22.3. The first-order chi connectivity index (χ1) is 14.7. The fraction of sp³-hybridized carbons (Fsp3) is 0.0526. The second-order valence-electron chi connectivity index (χ2n) is 6.50. The summed E-state index contributed by atoms with van der Waals surface area (Å²) in [4.78, 5) is 19.4. The molecule has 0 aliphatic heterocycles. The van der Waals surface area contributed by atoms with Crippen LogP contribution in [0.25, 0.3) is 11.0 Å². The third kappa shape index (κ3) is 3.51. The Morgan fingerprint density at radius 3 is 2.74 bits per heavy atom. The van der Waals surface area contributed by atoms with Crippen molar-refractivity contribution in [1.82, 2.24) is 19.7 Å². The van der Waals surface area contributed by atoms with Gasteiger partial charge in [0.05, 0.1) is 23.0 Å². The summed E-state index contributed by atoms with van der Waals surface area (Å²) in [5.41, 5.74) is -1.28. The Morgan fingerprint density at radius 2 is 2.06 bits per heavy atom. The van der Waals surface area contributed by atoms with E-state index in [1.54, 1.807) is 0 Å². The van der Waals surface area contributed by atoms with E-state index < -0.39 is 38.7 Å². The summed E-state index contributed by atoms with van der Waals surface area (Å²) in [5.74, 6) is -3.60. The highest BCUT2D eigenvalue weighted by molar-refractivity contribution is 7.92. The molecule has 0 aliphatic carbocycles. The first-order valence-electron chi connectivity index (χ1n) is 8.62. The van der Waals surface area contributed by atoms with E-state index in [1.165, 1.54) is 36.4 Å². The van der Waals surface area contributed by atoms with Gasteiger partial charge in [-0.3, -0.25) is 14.2 Å². The van der Waals surface area contributed by atoms with Gasteiger partial charge in [-0.05, 0) is 18.2 Å². The predicted molar refractivity (Wildman–Crippen MR) is 105 cm³/mol. The van der Waals surface area contributed by atoms with Gasteiger partial charge < -0.3 is 4.98 Å². The topological polar surface area (TPSA) is 134 Å². The normalized spacial score (nSPS) is 11.4. The number of benzene rings is 1. The minimum atomic E-state index is -4.23. The molecule has 1 aromatic carbocycles. The molecule has 0 spiro atoms. The van der Waals surface area contributed by atoms with E-state index in [0.717, 1.165) is 18.3 Å². The zero-order valence-corrected chi connectivity index (χ0v) is 16.5. The number of hydrogen-bond acceptors (Lipinski definition) is 6. The van der Waals surface area contributed by atoms with Crippen LogP contribution in [0.3, 0.4) is 0 Å². The first kappa shape index (κ1) is 20.2. The van der Waals surface area contributed by atoms with Crippen LogP contribution in [-0.2, 0) is 17.1 Å². The SMILES string of the molecule is Cn1cc(S(=O)(=O)Nc2ccc(F)c(C(=O)c3c[nH]c4ncc(C#N)cc34)c2F)cn1. The highest BCUT2D eigenvalue weighted by atomic mass is 32.2. The summed E-state index contributed by atoms with van der Waals surface area (Å²) >= 11 is 0. The number of nitriles is 1. The molecule has 0 atom stereocenters. The van der Waals surface area contributed by atoms with E-state index in [9.17, 15) is 17.6 Å². The number of nitrogens with zero attached hydrogens (tertiary/aromatic N) is 4. The van der Waals surface area contributed by atoms with Crippen LogP contribution in [0.15, 0.2) is 47.9 Å². The number of carbonyl (C=O) groups is 1. The number of H-pyrrole nitrogens is 1. The molecule has 156 valence electrons. The van der Waals surface area contributed by atoms with Crippen LogP contribution in [-0.4, -0.2) is 33.9 Å². The summed E-state index contributed by atoms with van der Waals surface area (Å²) in [7, 11) is -2.73. The molecular formula is C19H12F2N6O3S. The molecule has 0 fully saturated rings. The molecule has 0 unspecified atom stereocenters. The van der Waals surface area contributed by atoms with E-state index in [4.69, 9.17) is 5.26 Å². The van der Waals surface area contributed by atoms with Gasteiger partial charge in [-0.15, -0.1) is 0 Å². The van der Waals surface area contributed by atoms with Gasteiger partial charge in [-0.2, -0.15) is 10.4 Å². The van der Waals surface area contributed by atoms with Crippen LogP contribution in [0.4, 0.5) is 14.5 Å². The molecule has 0 saturated heterocycles. The second-order valence-corrected chi connectivity index (χ2v) is 8.18. The van der Waals surface area contributed by atoms with Crippen molar-refractivity contribution in [2.45, 2.75) is 4.90 Å². The summed E-state index contributed by atoms with van der Waals surface area (Å²) in [5, 5.41) is 13.0. The molecule has 0 saturated carbocycles. The number of aromatic nitrogens is 4. The maximum atomic E-state index is 15.1. The Kier molecular flexibility index (Phi) is 4.75. The van der Waals surface area contributed by atoms with Crippen molar-refractivity contribution < 1.29 is 22.0 Å². The Bertz CT molecular complexity index is 1500. The number of ketones is 1. The van der Waals surface area contributed by atoms with Crippen molar-refractivity contribution in [3.8, 4) is 6.07 Å². The lowest BCUT2D eigenvalue weighted by Crippen LogP contribution is -2.16. The molecular weight excluding hydrogens is 430 g/mol. The van der Waals surface area contributed by atoms with E-state index in [0.29, 0.717) is 0 Å². The number of halogens is 2. The van der Waals surface area contributed by atoms with E-state index in [2.05, 4.69) is 15.1 Å². The summed E-state index contributed by atoms with van der Waals surface area (Å²) in [6, 6.07) is 4.89. The number of aromatic amines is 1. The van der Waals surface area contributed by atoms with E-state index >= 15 is 4.39 Å². The number of rotatable bonds is 5. The zero-order valence-electron chi connectivity index (χ0n) is 15.7. The fourth-order valence-electron chi connectivity index (χ4n) is 2.97. The third-order valence-corrected chi connectivity index (χ3v) is 5.78. The molecule has 0 amide bonds. The number of pyridine rings is 1. The summed E-state index contributed by atoms with van der Waals surface area (Å²) < 4.78 is 57.7. The number of carbonyl (C=O) groups excluding carboxylic acids is 1. The van der Waals surface area contributed by atoms with Crippen LogP contribution in [0, 0.1) is 23.0 Å². The Morgan fingerprint density at radius 1 is 1.29 bits per heavy atom. The van der Waals surface area contributed by atoms with Crippen LogP contribution in [0.5, 0.6) is 0 Å². The Balaban J connectivity index is 1.78. The molecule has 2 N–H and O–H groups in total. The third-order valence-electron chi connectivity index (χ3n) is 4.46. The van der Waals surface area contributed by atoms with Crippen LogP contribution >= 0.6 is 0 Å². The molecule has 3 heterocycles. The highest BCUT2D eigenvalue weighted by Gasteiger charge is 2.26. The predicted octanol–water partition coefficient (Wildman–Crippen LogP) is 2.48. The van der Waals surface area contributed by atoms with Gasteiger partial charge in [0.2, 0.25) is 5.78 Å². The average molecular weight is 442 g/mol. The quantitative estimate of drug-likeness (QED) is 0.456. The number of anilines is 1. The molecule has 4 aromatic rings. The number of fused-ring (bicyclic) bond motifs is 1. The largest absolute Gasteiger partial charge is 0.345 e. The fourth-order valence-corrected chi connectivity index (χ4v) is 4.01. The number of nitrogens with one attached hydrogen (secondary N) is 2. The Hall–Kier alpha value is -4.11. The van der Waals surface area contributed by atoms with E-state index in [-0.39, 0.29) is 27.1 Å². The monoisotopic (exact) mass is 442 g/mol. The van der Waals surface area contributed by atoms with Gasteiger partial charge in [0.1, 0.15) is 22.4 Å². The van der Waals surface area contributed by atoms with Crippen molar-refractivity contribution in [2.75, 3.05) is 4.72 Å². The Labute approximate surface area is 174 Å². The van der Waals surface area contributed by atoms with Crippen LogP contribution in [0.2, 0.25) is 0 Å². The molecule has 9 nitrogen and oxygen atoms in total. The van der Waals surface area contributed by atoms with Crippen molar-refractivity contribution in [2.24, 2.45) is 7.05 Å². The maximum Gasteiger partial charge on any atom is 0.265 e. The second kappa shape index (κ2) is 7.29. The van der Waals surface area contributed by atoms with Gasteiger partial charge in [0.25, 0.3) is 10.0 Å². The molecule has 0 radical (unpaired) electrons. The number of hydrogen-bond donors (Lipinski definition) is 2. The van der Waals surface area contributed by atoms with Crippen molar-refractivity contribution >= 4 is 32.5 Å². The number of sulfonamides is 1. The molecule has 4 rings (SSSR count). The summed E-state index contributed by atoms with van der Waals surface area (Å²) in [6.07, 6.45) is 4.75. The van der Waals surface area contributed by atoms with E-state index in [1.807, 2.05) is 10.8 Å². The lowest BCUT2D eigenvalue weighted by Gasteiger charge is -2.11. The maximum absolute atomic E-state index is 15.1. The molecule has 0 aliphatic rings. The minimum Gasteiger partial charge on any atom is -0.345 e. The van der Waals surface area contributed by atoms with Gasteiger partial charge in [-0.25, -0.2) is 22.2 Å². The molecule has 3 aromatic heterocycles. The molecule has 0 bridgehead atoms. The van der Waals surface area contributed by atoms with Gasteiger partial charge in [0.15, 0.2) is 5.82 Å². The average Bonchev–Trinajstić information content (AvgIpc) is 3.36. The smallest absolute Gasteiger partial charge is 0.265 e. The molecule has 12 heteroatoms. The van der Waals surface area contributed by atoms with Gasteiger partial charge >= 0.3 is 0 Å². The van der Waals surface area contributed by atoms with Gasteiger partial charge in [-0.1, -0.05) is 0 Å². The minimum absolute atomic E-state index is 0.121. The standard InChI is InChI=1S/C19H12F2N6O3S/c1-27-9-11(7-25-27)31(29,30)26-15-3-2-14(20)16(17(15)21)18(28)13-8-24-19-12(13)4-10(5-22)6-23-19/h2-4,6-9,26H,1H3,(H,23,24). The summed E-state index contributed by atoms with van der Waals surface area (Å²) in [6.45, 7) is 0. The van der Waals surface area contributed by atoms with Crippen LogP contribution < -0.4 is 4.72 Å². The first-order valence-corrected chi connectivity index (χ1v) is 10.1. The van der Waals surface area contributed by atoms with Gasteiger partial charge in [0, 0.05) is 36.6 Å². The highest BCUT2D eigenvalue weighted by Crippen LogP contribution is 2.28. The van der Waals surface area contributed by atoms with Crippen LogP contribution in [0.1, 0.15) is 21.5 Å². The number of aryl methyl sites for hydroxylation is 1. The van der Waals surface area contributed by atoms with Crippen molar-refractivity contribution in [3.63, 3.8) is 0 Å². The lowest BCUT2D eigenvalue weighted by atomic mass is 10.0.